The second-order valence-electron chi connectivity index (χ2n) is 6.30. The summed E-state index contributed by atoms with van der Waals surface area (Å²) in [6.45, 7) is 14.2. The topological polar surface area (TPSA) is 138 Å². The number of oxime groups is 3. The molecule has 158 valence electrons. The van der Waals surface area contributed by atoms with Gasteiger partial charge in [0.2, 0.25) is 0 Å². The maximum Gasteiger partial charge on any atom is 0.0971 e. The Kier molecular flexibility index (Phi) is 13.1. The minimum Gasteiger partial charge on any atom is -0.411 e. The molecule has 0 radical (unpaired) electrons. The molecular weight excluding hydrogens is 362 g/mol. The molecule has 0 bridgehead atoms. The van der Waals surface area contributed by atoms with Gasteiger partial charge in [-0.2, -0.15) is 0 Å². The van der Waals surface area contributed by atoms with Gasteiger partial charge in [-0.1, -0.05) is 15.5 Å². The van der Waals surface area contributed by atoms with Crippen molar-refractivity contribution in [1.82, 2.24) is 4.90 Å². The molecule has 0 atom stereocenters. The van der Waals surface area contributed by atoms with Gasteiger partial charge < -0.3 is 15.6 Å². The minimum absolute atomic E-state index is 0.490. The molecule has 0 aromatic carbocycles. The molecule has 10 heteroatoms. The third-order valence-electron chi connectivity index (χ3n) is 4.32. The van der Waals surface area contributed by atoms with Crippen LogP contribution in [0.25, 0.3) is 0 Å². The molecule has 0 aromatic heterocycles. The summed E-state index contributed by atoms with van der Waals surface area (Å²) >= 11 is 0. The van der Waals surface area contributed by atoms with Gasteiger partial charge in [0.15, 0.2) is 0 Å². The Hall–Kier alpha value is -2.62. The second-order valence-corrected chi connectivity index (χ2v) is 6.30. The SMILES string of the molecule is CC(=NCCN(CCN=C(C)/C(C)=N/O)CCN=C(C)/C(C)=N/O)/C(C)=N/O. The fraction of sp³-hybridized carbons (Fsp3) is 0.667. The lowest BCUT2D eigenvalue weighted by molar-refractivity contribution is 0.298. The molecule has 3 N–H and O–H groups in total. The van der Waals surface area contributed by atoms with Gasteiger partial charge in [0.1, 0.15) is 0 Å². The third kappa shape index (κ3) is 10.5. The molecule has 0 aliphatic heterocycles. The predicted molar refractivity (Wildman–Crippen MR) is 115 cm³/mol. The summed E-state index contributed by atoms with van der Waals surface area (Å²) in [4.78, 5) is 15.4. The minimum atomic E-state index is 0.490. The summed E-state index contributed by atoms with van der Waals surface area (Å²) in [6.07, 6.45) is 0. The van der Waals surface area contributed by atoms with E-state index >= 15 is 0 Å². The summed E-state index contributed by atoms with van der Waals surface area (Å²) in [5.41, 5.74) is 3.54. The van der Waals surface area contributed by atoms with Crippen LogP contribution in [0.15, 0.2) is 30.4 Å². The van der Waals surface area contributed by atoms with Gasteiger partial charge in [-0.3, -0.25) is 19.9 Å². The monoisotopic (exact) mass is 395 g/mol. The first-order valence-corrected chi connectivity index (χ1v) is 9.09. The van der Waals surface area contributed by atoms with Crippen LogP contribution < -0.4 is 0 Å². The van der Waals surface area contributed by atoms with Crippen molar-refractivity contribution in [2.75, 3.05) is 39.3 Å². The number of nitrogens with zero attached hydrogens (tertiary/aromatic N) is 7. The second kappa shape index (κ2) is 14.4. The van der Waals surface area contributed by atoms with E-state index in [0.717, 1.165) is 0 Å². The van der Waals surface area contributed by atoms with Crippen molar-refractivity contribution >= 4 is 34.3 Å². The van der Waals surface area contributed by atoms with Crippen LogP contribution in [0.2, 0.25) is 0 Å². The molecular formula is C18H33N7O3. The number of aliphatic imine (C=N–C) groups is 3. The molecule has 0 saturated carbocycles. The molecule has 0 aromatic rings. The molecule has 0 heterocycles. The first-order chi connectivity index (χ1) is 13.3. The zero-order chi connectivity index (χ0) is 21.5. The number of rotatable bonds is 12. The molecule has 28 heavy (non-hydrogen) atoms. The average Bonchev–Trinajstić information content (AvgIpc) is 2.70. The fourth-order valence-electron chi connectivity index (χ4n) is 1.97. The van der Waals surface area contributed by atoms with Crippen molar-refractivity contribution in [2.24, 2.45) is 30.4 Å². The Morgan fingerprint density at radius 2 is 0.750 bits per heavy atom. The van der Waals surface area contributed by atoms with Crippen LogP contribution in [0.4, 0.5) is 0 Å². The van der Waals surface area contributed by atoms with Gasteiger partial charge in [0.25, 0.3) is 0 Å². The Balaban J connectivity index is 4.91. The Morgan fingerprint density at radius 1 is 0.500 bits per heavy atom. The van der Waals surface area contributed by atoms with Gasteiger partial charge in [-0.05, 0) is 41.5 Å². The van der Waals surface area contributed by atoms with Gasteiger partial charge >= 0.3 is 0 Å². The summed E-state index contributed by atoms with van der Waals surface area (Å²) < 4.78 is 0. The van der Waals surface area contributed by atoms with Crippen molar-refractivity contribution in [3.8, 4) is 0 Å². The standard InChI is InChI=1S/C18H33N7O3/c1-13(16(4)22-26)19-7-10-25(11-8-20-14(2)17(5)23-27)12-9-21-15(3)18(6)24-28/h26-28H,7-12H2,1-6H3/b19-13?,20-14?,21-15?,22-16+,23-17+,24-18+. The summed E-state index contributed by atoms with van der Waals surface area (Å²) in [5, 5.41) is 35.8. The van der Waals surface area contributed by atoms with E-state index in [4.69, 9.17) is 15.6 Å². The van der Waals surface area contributed by atoms with Gasteiger partial charge in [-0.15, -0.1) is 0 Å². The molecule has 0 rings (SSSR count). The van der Waals surface area contributed by atoms with Crippen molar-refractivity contribution in [1.29, 1.82) is 0 Å². The van der Waals surface area contributed by atoms with Gasteiger partial charge in [0, 0.05) is 19.6 Å². The first-order valence-electron chi connectivity index (χ1n) is 9.09. The maximum atomic E-state index is 8.79. The maximum absolute atomic E-state index is 8.79. The Bertz CT molecular complexity index is 574. The lowest BCUT2D eigenvalue weighted by Gasteiger charge is -2.20. The molecule has 0 saturated heterocycles. The Morgan fingerprint density at radius 3 is 0.964 bits per heavy atom. The van der Waals surface area contributed by atoms with E-state index in [9.17, 15) is 0 Å². The smallest absolute Gasteiger partial charge is 0.0971 e. The fourth-order valence-corrected chi connectivity index (χ4v) is 1.97. The van der Waals surface area contributed by atoms with Crippen molar-refractivity contribution < 1.29 is 15.6 Å². The van der Waals surface area contributed by atoms with Crippen LogP contribution in [0.1, 0.15) is 41.5 Å². The molecule has 0 aliphatic rings. The lowest BCUT2D eigenvalue weighted by Crippen LogP contribution is -2.32. The quantitative estimate of drug-likeness (QED) is 0.265. The third-order valence-corrected chi connectivity index (χ3v) is 4.32. The van der Waals surface area contributed by atoms with Crippen LogP contribution in [0.3, 0.4) is 0 Å². The van der Waals surface area contributed by atoms with E-state index in [-0.39, 0.29) is 0 Å². The van der Waals surface area contributed by atoms with Gasteiger partial charge in [-0.25, -0.2) is 0 Å². The molecule has 0 fully saturated rings. The van der Waals surface area contributed by atoms with Crippen LogP contribution in [0.5, 0.6) is 0 Å². The van der Waals surface area contributed by atoms with Gasteiger partial charge in [0.05, 0.1) is 53.9 Å². The molecule has 0 aliphatic carbocycles. The highest BCUT2D eigenvalue weighted by molar-refractivity contribution is 6.41. The molecule has 10 nitrogen and oxygen atoms in total. The van der Waals surface area contributed by atoms with Crippen LogP contribution in [-0.4, -0.2) is 94.1 Å². The summed E-state index contributed by atoms with van der Waals surface area (Å²) in [5.74, 6) is 0. The van der Waals surface area contributed by atoms with E-state index < -0.39 is 0 Å². The van der Waals surface area contributed by atoms with Crippen molar-refractivity contribution in [3.63, 3.8) is 0 Å². The van der Waals surface area contributed by atoms with Crippen molar-refractivity contribution in [2.45, 2.75) is 41.5 Å². The highest BCUT2D eigenvalue weighted by atomic mass is 16.4. The summed E-state index contributed by atoms with van der Waals surface area (Å²) in [7, 11) is 0. The van der Waals surface area contributed by atoms with E-state index in [1.54, 1.807) is 41.5 Å². The molecule has 0 amide bonds. The van der Waals surface area contributed by atoms with Crippen LogP contribution >= 0.6 is 0 Å². The predicted octanol–water partition coefficient (Wildman–Crippen LogP) is 2.22. The van der Waals surface area contributed by atoms with E-state index in [1.165, 1.54) is 0 Å². The zero-order valence-corrected chi connectivity index (χ0v) is 17.7. The number of hydrogen-bond acceptors (Lipinski definition) is 10. The van der Waals surface area contributed by atoms with Crippen LogP contribution in [-0.2, 0) is 0 Å². The molecule has 0 spiro atoms. The van der Waals surface area contributed by atoms with Crippen LogP contribution in [0, 0.1) is 0 Å². The molecule has 0 unspecified atom stereocenters. The number of hydrogen-bond donors (Lipinski definition) is 3. The normalized spacial score (nSPS) is 15.5. The summed E-state index contributed by atoms with van der Waals surface area (Å²) in [6, 6.07) is 0. The lowest BCUT2D eigenvalue weighted by atomic mass is 10.3. The first kappa shape index (κ1) is 25.4. The van der Waals surface area contributed by atoms with E-state index in [1.807, 2.05) is 0 Å². The highest BCUT2D eigenvalue weighted by Crippen LogP contribution is 1.94. The average molecular weight is 396 g/mol. The largest absolute Gasteiger partial charge is 0.411 e. The van der Waals surface area contributed by atoms with E-state index in [0.29, 0.717) is 73.5 Å². The Labute approximate surface area is 166 Å². The highest BCUT2D eigenvalue weighted by Gasteiger charge is 2.06. The van der Waals surface area contributed by atoms with E-state index in [2.05, 4.69) is 35.3 Å². The van der Waals surface area contributed by atoms with Crippen molar-refractivity contribution in [3.05, 3.63) is 0 Å². The zero-order valence-electron chi connectivity index (χ0n) is 17.7.